The number of esters is 1. The molecule has 0 aliphatic heterocycles. The lowest BCUT2D eigenvalue weighted by molar-refractivity contribution is -0.149. The van der Waals surface area contributed by atoms with Gasteiger partial charge in [0.2, 0.25) is 5.91 Å². The molecular formula is C26H24ClN3O7. The van der Waals surface area contributed by atoms with Crippen molar-refractivity contribution < 1.29 is 33.4 Å². The lowest BCUT2D eigenvalue weighted by Gasteiger charge is -2.09. The fourth-order valence-corrected chi connectivity index (χ4v) is 3.01. The van der Waals surface area contributed by atoms with E-state index < -0.39 is 30.3 Å². The van der Waals surface area contributed by atoms with E-state index in [1.807, 2.05) is 0 Å². The number of nitrogens with one attached hydrogen (secondary N) is 3. The summed E-state index contributed by atoms with van der Waals surface area (Å²) in [5.41, 5.74) is 5.13. The Morgan fingerprint density at radius 1 is 0.730 bits per heavy atom. The van der Waals surface area contributed by atoms with Crippen molar-refractivity contribution in [3.05, 3.63) is 83.4 Å². The predicted molar refractivity (Wildman–Crippen MR) is 135 cm³/mol. The Labute approximate surface area is 217 Å². The zero-order chi connectivity index (χ0) is 26.6. The van der Waals surface area contributed by atoms with Gasteiger partial charge in [-0.15, -0.1) is 0 Å². The number of amides is 3. The monoisotopic (exact) mass is 525 g/mol. The first-order chi connectivity index (χ1) is 17.8. The average Bonchev–Trinajstić information content (AvgIpc) is 2.91. The molecule has 0 fully saturated rings. The van der Waals surface area contributed by atoms with Crippen molar-refractivity contribution in [2.75, 3.05) is 19.0 Å². The lowest BCUT2D eigenvalue weighted by atomic mass is 10.2. The van der Waals surface area contributed by atoms with Gasteiger partial charge in [0.05, 0.1) is 13.5 Å². The van der Waals surface area contributed by atoms with Gasteiger partial charge in [0.15, 0.2) is 6.61 Å². The van der Waals surface area contributed by atoms with E-state index in [-0.39, 0.29) is 18.4 Å². The third kappa shape index (κ3) is 9.19. The molecule has 0 spiro atoms. The van der Waals surface area contributed by atoms with Crippen molar-refractivity contribution in [3.8, 4) is 17.2 Å². The van der Waals surface area contributed by atoms with Crippen molar-refractivity contribution in [2.45, 2.75) is 12.8 Å². The molecule has 3 amide bonds. The Kier molecular flexibility index (Phi) is 9.86. The van der Waals surface area contributed by atoms with E-state index in [9.17, 15) is 19.2 Å². The lowest BCUT2D eigenvalue weighted by Crippen LogP contribution is -2.43. The number of carbonyl (C=O) groups is 4. The topological polar surface area (TPSA) is 132 Å². The van der Waals surface area contributed by atoms with E-state index in [0.29, 0.717) is 22.2 Å². The summed E-state index contributed by atoms with van der Waals surface area (Å²) in [5, 5.41) is 3.13. The molecule has 0 saturated heterocycles. The molecular weight excluding hydrogens is 502 g/mol. The van der Waals surface area contributed by atoms with Crippen LogP contribution >= 0.6 is 11.6 Å². The van der Waals surface area contributed by atoms with Crippen LogP contribution in [0.4, 0.5) is 5.69 Å². The number of anilines is 1. The summed E-state index contributed by atoms with van der Waals surface area (Å²) in [7, 11) is 1.58. The molecule has 0 saturated carbocycles. The van der Waals surface area contributed by atoms with Gasteiger partial charge in [0.25, 0.3) is 11.8 Å². The highest BCUT2D eigenvalue weighted by Gasteiger charge is 2.12. The Balaban J connectivity index is 1.32. The zero-order valence-corrected chi connectivity index (χ0v) is 20.5. The molecule has 0 aliphatic carbocycles. The quantitative estimate of drug-likeness (QED) is 0.270. The van der Waals surface area contributed by atoms with Crippen molar-refractivity contribution >= 4 is 41.0 Å². The van der Waals surface area contributed by atoms with Crippen LogP contribution < -0.4 is 25.6 Å². The van der Waals surface area contributed by atoms with Crippen LogP contribution in [0.25, 0.3) is 0 Å². The van der Waals surface area contributed by atoms with E-state index in [4.69, 9.17) is 25.8 Å². The molecule has 192 valence electrons. The fourth-order valence-electron chi connectivity index (χ4n) is 2.88. The normalized spacial score (nSPS) is 10.1. The van der Waals surface area contributed by atoms with E-state index in [1.54, 1.807) is 55.6 Å². The largest absolute Gasteiger partial charge is 0.497 e. The molecule has 11 heteroatoms. The summed E-state index contributed by atoms with van der Waals surface area (Å²) in [4.78, 5) is 47.7. The van der Waals surface area contributed by atoms with Crippen LogP contribution in [0.3, 0.4) is 0 Å². The van der Waals surface area contributed by atoms with Gasteiger partial charge >= 0.3 is 5.97 Å². The number of benzene rings is 3. The minimum Gasteiger partial charge on any atom is -0.497 e. The summed E-state index contributed by atoms with van der Waals surface area (Å²) in [6.07, 6.45) is -0.368. The number of rotatable bonds is 10. The van der Waals surface area contributed by atoms with Gasteiger partial charge in [0.1, 0.15) is 17.2 Å². The minimum atomic E-state index is -0.739. The first kappa shape index (κ1) is 27.0. The molecule has 0 heterocycles. The molecule has 0 bridgehead atoms. The summed E-state index contributed by atoms with van der Waals surface area (Å²) in [6, 6.07) is 19.9. The highest BCUT2D eigenvalue weighted by atomic mass is 35.5. The molecule has 0 atom stereocenters. The zero-order valence-electron chi connectivity index (χ0n) is 19.8. The number of halogens is 1. The number of hydrogen-bond donors (Lipinski definition) is 3. The number of methoxy groups -OCH3 is 1. The van der Waals surface area contributed by atoms with Crippen LogP contribution in [0.15, 0.2) is 72.8 Å². The SMILES string of the molecule is COc1ccc(Oc2ccc(NC(=O)CCC(=O)OCC(=O)NNC(=O)c3ccc(Cl)cc3)cc2)cc1. The summed E-state index contributed by atoms with van der Waals surface area (Å²) in [6.45, 7) is -0.614. The molecule has 0 aliphatic rings. The molecule has 3 N–H and O–H groups in total. The van der Waals surface area contributed by atoms with Crippen LogP contribution in [0.5, 0.6) is 17.2 Å². The van der Waals surface area contributed by atoms with E-state index in [1.165, 1.54) is 24.3 Å². The first-order valence-electron chi connectivity index (χ1n) is 11.0. The highest BCUT2D eigenvalue weighted by Crippen LogP contribution is 2.25. The average molecular weight is 526 g/mol. The van der Waals surface area contributed by atoms with Gasteiger partial charge in [-0.1, -0.05) is 11.6 Å². The third-order valence-corrected chi connectivity index (χ3v) is 5.03. The van der Waals surface area contributed by atoms with Gasteiger partial charge < -0.3 is 19.5 Å². The van der Waals surface area contributed by atoms with Crippen molar-refractivity contribution in [1.29, 1.82) is 0 Å². The van der Waals surface area contributed by atoms with Crippen LogP contribution in [0.1, 0.15) is 23.2 Å². The predicted octanol–water partition coefficient (Wildman–Crippen LogP) is 3.86. The summed E-state index contributed by atoms with van der Waals surface area (Å²) in [5.74, 6) is -0.511. The Bertz CT molecular complexity index is 1230. The number of carbonyl (C=O) groups excluding carboxylic acids is 4. The third-order valence-electron chi connectivity index (χ3n) is 4.78. The maximum atomic E-state index is 12.1. The Hall–Kier alpha value is -4.57. The Morgan fingerprint density at radius 2 is 1.32 bits per heavy atom. The number of hydrazine groups is 1. The van der Waals surface area contributed by atoms with Gasteiger partial charge in [0, 0.05) is 22.7 Å². The van der Waals surface area contributed by atoms with Gasteiger partial charge in [-0.25, -0.2) is 0 Å². The standard InChI is InChI=1S/C26H24ClN3O7/c1-35-20-10-12-22(13-11-20)37-21-8-6-19(7-9-21)28-23(31)14-15-25(33)36-16-24(32)29-30-26(34)17-2-4-18(27)5-3-17/h2-13H,14-16H2,1H3,(H,28,31)(H,29,32)(H,30,34). The van der Waals surface area contributed by atoms with Crippen LogP contribution in [0.2, 0.25) is 5.02 Å². The fraction of sp³-hybridized carbons (Fsp3) is 0.154. The van der Waals surface area contributed by atoms with E-state index in [2.05, 4.69) is 16.2 Å². The van der Waals surface area contributed by atoms with Crippen LogP contribution in [-0.2, 0) is 19.1 Å². The molecule has 37 heavy (non-hydrogen) atoms. The minimum absolute atomic E-state index is 0.141. The van der Waals surface area contributed by atoms with Gasteiger partial charge in [-0.3, -0.25) is 30.0 Å². The van der Waals surface area contributed by atoms with Crippen molar-refractivity contribution in [1.82, 2.24) is 10.9 Å². The molecule has 0 unspecified atom stereocenters. The molecule has 0 radical (unpaired) electrons. The Morgan fingerprint density at radius 3 is 1.95 bits per heavy atom. The van der Waals surface area contributed by atoms with Crippen LogP contribution in [-0.4, -0.2) is 37.4 Å². The molecule has 10 nitrogen and oxygen atoms in total. The van der Waals surface area contributed by atoms with Gasteiger partial charge in [-0.2, -0.15) is 0 Å². The van der Waals surface area contributed by atoms with E-state index >= 15 is 0 Å². The van der Waals surface area contributed by atoms with E-state index in [0.717, 1.165) is 5.75 Å². The highest BCUT2D eigenvalue weighted by molar-refractivity contribution is 6.30. The van der Waals surface area contributed by atoms with Gasteiger partial charge in [-0.05, 0) is 72.8 Å². The summed E-state index contributed by atoms with van der Waals surface area (Å²) < 4.78 is 15.7. The maximum Gasteiger partial charge on any atom is 0.306 e. The smallest absolute Gasteiger partial charge is 0.306 e. The second-order valence-electron chi connectivity index (χ2n) is 7.52. The molecule has 3 aromatic rings. The molecule has 3 rings (SSSR count). The maximum absolute atomic E-state index is 12.1. The van der Waals surface area contributed by atoms with Crippen LogP contribution in [0, 0.1) is 0 Å². The van der Waals surface area contributed by atoms with Crippen molar-refractivity contribution in [2.24, 2.45) is 0 Å². The second kappa shape index (κ2) is 13.5. The first-order valence-corrected chi connectivity index (χ1v) is 11.4. The molecule has 3 aromatic carbocycles. The number of hydrogen-bond acceptors (Lipinski definition) is 7. The van der Waals surface area contributed by atoms with Crippen molar-refractivity contribution in [3.63, 3.8) is 0 Å². The second-order valence-corrected chi connectivity index (χ2v) is 7.96. The number of ether oxygens (including phenoxy) is 3. The molecule has 0 aromatic heterocycles. The summed E-state index contributed by atoms with van der Waals surface area (Å²) >= 11 is 5.76.